The number of halogens is 5. The standard InChI is InChI=1S/C14H10BrClF3NO/c15-11-3-2-9(6-10(11)14(17,18)19)20-7-8-1-4-13(21)12(16)5-8/h1-6,20-21H,7H2. The van der Waals surface area contributed by atoms with Crippen LogP contribution >= 0.6 is 27.5 Å². The van der Waals surface area contributed by atoms with Crippen LogP contribution in [0.4, 0.5) is 18.9 Å². The van der Waals surface area contributed by atoms with Crippen LogP contribution in [0.1, 0.15) is 11.1 Å². The van der Waals surface area contributed by atoms with Crippen molar-refractivity contribution in [2.45, 2.75) is 12.7 Å². The maximum atomic E-state index is 12.8. The number of anilines is 1. The van der Waals surface area contributed by atoms with Crippen LogP contribution in [0, 0.1) is 0 Å². The van der Waals surface area contributed by atoms with Gasteiger partial charge in [-0.1, -0.05) is 33.6 Å². The molecule has 0 aliphatic carbocycles. The van der Waals surface area contributed by atoms with Gasteiger partial charge < -0.3 is 10.4 Å². The fourth-order valence-corrected chi connectivity index (χ4v) is 2.39. The molecular formula is C14H10BrClF3NO. The van der Waals surface area contributed by atoms with Crippen molar-refractivity contribution in [1.29, 1.82) is 0 Å². The number of phenols is 1. The van der Waals surface area contributed by atoms with Gasteiger partial charge in [0.15, 0.2) is 0 Å². The van der Waals surface area contributed by atoms with Crippen molar-refractivity contribution in [2.24, 2.45) is 0 Å². The number of alkyl halides is 3. The molecule has 2 N–H and O–H groups in total. The number of phenolic OH excluding ortho intramolecular Hbond substituents is 1. The summed E-state index contributed by atoms with van der Waals surface area (Å²) in [7, 11) is 0. The topological polar surface area (TPSA) is 32.3 Å². The summed E-state index contributed by atoms with van der Waals surface area (Å²) >= 11 is 8.66. The number of hydrogen-bond donors (Lipinski definition) is 2. The minimum absolute atomic E-state index is 0.00627. The van der Waals surface area contributed by atoms with Crippen LogP contribution in [0.3, 0.4) is 0 Å². The van der Waals surface area contributed by atoms with Crippen LogP contribution in [0.2, 0.25) is 5.02 Å². The summed E-state index contributed by atoms with van der Waals surface area (Å²) in [5, 5.41) is 12.4. The highest BCUT2D eigenvalue weighted by molar-refractivity contribution is 9.10. The first-order chi connectivity index (χ1) is 9.77. The van der Waals surface area contributed by atoms with Crippen LogP contribution in [0.15, 0.2) is 40.9 Å². The van der Waals surface area contributed by atoms with Crippen LogP contribution < -0.4 is 5.32 Å². The molecule has 0 atom stereocenters. The van der Waals surface area contributed by atoms with E-state index in [0.29, 0.717) is 12.2 Å². The Morgan fingerprint density at radius 1 is 1.14 bits per heavy atom. The Morgan fingerprint density at radius 3 is 2.48 bits per heavy atom. The third-order valence-electron chi connectivity index (χ3n) is 2.78. The second kappa shape index (κ2) is 6.15. The lowest BCUT2D eigenvalue weighted by Gasteiger charge is -2.13. The van der Waals surface area contributed by atoms with E-state index in [1.807, 2.05) is 0 Å². The largest absolute Gasteiger partial charge is 0.506 e. The zero-order chi connectivity index (χ0) is 15.6. The molecule has 0 aliphatic heterocycles. The summed E-state index contributed by atoms with van der Waals surface area (Å²) in [4.78, 5) is 0. The van der Waals surface area contributed by atoms with Gasteiger partial charge in [-0.2, -0.15) is 13.2 Å². The van der Waals surface area contributed by atoms with E-state index >= 15 is 0 Å². The Balaban J connectivity index is 2.15. The fraction of sp³-hybridized carbons (Fsp3) is 0.143. The van der Waals surface area contributed by atoms with Crippen molar-refractivity contribution in [2.75, 3.05) is 5.32 Å². The maximum absolute atomic E-state index is 12.8. The van der Waals surface area contributed by atoms with Gasteiger partial charge in [-0.15, -0.1) is 0 Å². The van der Waals surface area contributed by atoms with Crippen LogP contribution in [-0.2, 0) is 12.7 Å². The average molecular weight is 381 g/mol. The maximum Gasteiger partial charge on any atom is 0.417 e. The van der Waals surface area contributed by atoms with Crippen LogP contribution in [0.25, 0.3) is 0 Å². The van der Waals surface area contributed by atoms with Gasteiger partial charge in [-0.25, -0.2) is 0 Å². The minimum atomic E-state index is -4.42. The summed E-state index contributed by atoms with van der Waals surface area (Å²) in [5.41, 5.74) is 0.347. The highest BCUT2D eigenvalue weighted by Gasteiger charge is 2.33. The van der Waals surface area contributed by atoms with Crippen LogP contribution in [0.5, 0.6) is 5.75 Å². The van der Waals surface area contributed by atoms with E-state index in [2.05, 4.69) is 21.2 Å². The third kappa shape index (κ3) is 4.04. The average Bonchev–Trinajstić information content (AvgIpc) is 2.40. The molecule has 7 heteroatoms. The van der Waals surface area contributed by atoms with Crippen molar-refractivity contribution < 1.29 is 18.3 Å². The Labute approximate surface area is 132 Å². The molecule has 0 bridgehead atoms. The van der Waals surface area contributed by atoms with E-state index < -0.39 is 11.7 Å². The molecule has 0 aromatic heterocycles. The molecule has 0 saturated heterocycles. The first-order valence-corrected chi connectivity index (χ1v) is 7.02. The fourth-order valence-electron chi connectivity index (χ4n) is 1.72. The molecule has 0 heterocycles. The highest BCUT2D eigenvalue weighted by atomic mass is 79.9. The van der Waals surface area contributed by atoms with Crippen molar-refractivity contribution in [3.05, 3.63) is 57.0 Å². The smallest absolute Gasteiger partial charge is 0.417 e. The molecule has 0 saturated carbocycles. The van der Waals surface area contributed by atoms with Crippen LogP contribution in [-0.4, -0.2) is 5.11 Å². The van der Waals surface area contributed by atoms with Gasteiger partial charge in [-0.3, -0.25) is 0 Å². The lowest BCUT2D eigenvalue weighted by Crippen LogP contribution is -2.07. The van der Waals surface area contributed by atoms with Gasteiger partial charge in [0.1, 0.15) is 5.75 Å². The molecule has 0 fully saturated rings. The van der Waals surface area contributed by atoms with E-state index in [4.69, 9.17) is 11.6 Å². The van der Waals surface area contributed by atoms with Gasteiger partial charge >= 0.3 is 6.18 Å². The number of benzene rings is 2. The van der Waals surface area contributed by atoms with E-state index in [0.717, 1.165) is 11.6 Å². The number of aromatic hydroxyl groups is 1. The summed E-state index contributed by atoms with van der Waals surface area (Å²) in [6.07, 6.45) is -4.42. The summed E-state index contributed by atoms with van der Waals surface area (Å²) < 4.78 is 38.4. The highest BCUT2D eigenvalue weighted by Crippen LogP contribution is 2.36. The molecule has 0 radical (unpaired) electrons. The SMILES string of the molecule is Oc1ccc(CNc2ccc(Br)c(C(F)(F)F)c2)cc1Cl. The van der Waals surface area contributed by atoms with Gasteiger partial charge in [0.05, 0.1) is 10.6 Å². The van der Waals surface area contributed by atoms with Crippen molar-refractivity contribution in [3.8, 4) is 5.75 Å². The number of rotatable bonds is 3. The molecule has 21 heavy (non-hydrogen) atoms. The van der Waals surface area contributed by atoms with Crippen molar-refractivity contribution >= 4 is 33.2 Å². The Bertz CT molecular complexity index is 661. The molecule has 2 nitrogen and oxygen atoms in total. The first-order valence-electron chi connectivity index (χ1n) is 5.85. The zero-order valence-corrected chi connectivity index (χ0v) is 12.9. The Hall–Kier alpha value is -1.40. The zero-order valence-electron chi connectivity index (χ0n) is 10.5. The summed E-state index contributed by atoms with van der Waals surface area (Å²) in [5.74, 6) is -0.0385. The molecule has 0 unspecified atom stereocenters. The van der Waals surface area contributed by atoms with Gasteiger partial charge in [-0.05, 0) is 35.9 Å². The van der Waals surface area contributed by atoms with Gasteiger partial charge in [0.25, 0.3) is 0 Å². The van der Waals surface area contributed by atoms with Gasteiger partial charge in [0.2, 0.25) is 0 Å². The molecule has 2 aromatic rings. The molecule has 0 aliphatic rings. The summed E-state index contributed by atoms with van der Waals surface area (Å²) in [6.45, 7) is 0.291. The number of hydrogen-bond acceptors (Lipinski definition) is 2. The quantitative estimate of drug-likeness (QED) is 0.743. The second-order valence-corrected chi connectivity index (χ2v) is 5.59. The lowest BCUT2D eigenvalue weighted by atomic mass is 10.1. The molecule has 2 aromatic carbocycles. The number of nitrogens with one attached hydrogen (secondary N) is 1. The van der Waals surface area contributed by atoms with Gasteiger partial charge in [0, 0.05) is 16.7 Å². The lowest BCUT2D eigenvalue weighted by molar-refractivity contribution is -0.138. The predicted octanol–water partition coefficient (Wildman–Crippen LogP) is 5.44. The Kier molecular flexibility index (Phi) is 4.68. The van der Waals surface area contributed by atoms with Crippen molar-refractivity contribution in [1.82, 2.24) is 0 Å². The Morgan fingerprint density at radius 2 is 1.86 bits per heavy atom. The van der Waals surface area contributed by atoms with E-state index in [1.165, 1.54) is 12.1 Å². The van der Waals surface area contributed by atoms with E-state index in [-0.39, 0.29) is 15.2 Å². The van der Waals surface area contributed by atoms with E-state index in [1.54, 1.807) is 18.2 Å². The second-order valence-electron chi connectivity index (χ2n) is 4.33. The molecule has 2 rings (SSSR count). The van der Waals surface area contributed by atoms with Crippen molar-refractivity contribution in [3.63, 3.8) is 0 Å². The normalized spacial score (nSPS) is 11.5. The molecule has 112 valence electrons. The third-order valence-corrected chi connectivity index (χ3v) is 3.77. The predicted molar refractivity (Wildman–Crippen MR) is 79.6 cm³/mol. The minimum Gasteiger partial charge on any atom is -0.506 e. The molecular weight excluding hydrogens is 371 g/mol. The van der Waals surface area contributed by atoms with E-state index in [9.17, 15) is 18.3 Å². The molecule has 0 amide bonds. The monoisotopic (exact) mass is 379 g/mol. The summed E-state index contributed by atoms with van der Waals surface area (Å²) in [6, 6.07) is 8.54. The first kappa shape index (κ1) is 16.0. The molecule has 0 spiro atoms.